The summed E-state index contributed by atoms with van der Waals surface area (Å²) in [5, 5.41) is 3.83. The Morgan fingerprint density at radius 3 is 2.30 bits per heavy atom. The van der Waals surface area contributed by atoms with Crippen molar-refractivity contribution in [3.8, 4) is 0 Å². The number of rotatable bonds is 17. The van der Waals surface area contributed by atoms with E-state index < -0.39 is 21.8 Å². The molecule has 0 radical (unpaired) electrons. The quantitative estimate of drug-likeness (QED) is 0.0955. The molecule has 3 rings (SSSR count). The largest absolute Gasteiger partial charge is 1.00 e. The summed E-state index contributed by atoms with van der Waals surface area (Å²) in [5.41, 5.74) is 2.16. The van der Waals surface area contributed by atoms with Crippen molar-refractivity contribution in [1.82, 2.24) is 14.8 Å². The molecule has 0 aliphatic carbocycles. The van der Waals surface area contributed by atoms with Crippen LogP contribution < -0.4 is 40.3 Å². The number of esters is 1. The number of aryl methyl sites for hydroxylation is 2. The molecule has 0 bridgehead atoms. The fourth-order valence-corrected chi connectivity index (χ4v) is 5.36. The number of halogens is 1. The van der Waals surface area contributed by atoms with Crippen molar-refractivity contribution >= 4 is 50.4 Å². The van der Waals surface area contributed by atoms with Crippen LogP contribution in [0.15, 0.2) is 53.5 Å². The monoisotopic (exact) mass is 683 g/mol. The third-order valence-electron chi connectivity index (χ3n) is 7.36. The van der Waals surface area contributed by atoms with Gasteiger partial charge in [-0.15, -0.1) is 0 Å². The molecule has 1 aromatic heterocycles. The van der Waals surface area contributed by atoms with E-state index in [0.717, 1.165) is 24.0 Å². The summed E-state index contributed by atoms with van der Waals surface area (Å²) in [6, 6.07) is 12.6. The number of fused-ring (bicyclic) bond motifs is 1. The maximum Gasteiger partial charge on any atom is 1.00 e. The summed E-state index contributed by atoms with van der Waals surface area (Å²) >= 11 is 5.91. The summed E-state index contributed by atoms with van der Waals surface area (Å²) in [5.74, 6) is -1.59. The fraction of sp³-hybridized carbons (Fsp3) is 0.438. The molecule has 244 valence electrons. The number of nitrogens with zero attached hydrogens (tertiary/aromatic N) is 2. The van der Waals surface area contributed by atoms with Crippen molar-refractivity contribution in [1.29, 1.82) is 0 Å². The summed E-state index contributed by atoms with van der Waals surface area (Å²) in [6.07, 6.45) is 5.92. The minimum absolute atomic E-state index is 0. The van der Waals surface area contributed by atoms with Gasteiger partial charge in [0.05, 0.1) is 28.0 Å². The molecule has 2 aromatic carbocycles. The van der Waals surface area contributed by atoms with Gasteiger partial charge in [-0.3, -0.25) is 19.2 Å². The topological polar surface area (TPSA) is 155 Å². The number of hydrogen-bond acceptors (Lipinski definition) is 8. The second-order valence-corrected chi connectivity index (χ2v) is 12.9. The van der Waals surface area contributed by atoms with Gasteiger partial charge in [0.25, 0.3) is 5.91 Å². The van der Waals surface area contributed by atoms with Gasteiger partial charge in [-0.05, 0) is 61.1 Å². The van der Waals surface area contributed by atoms with Crippen LogP contribution in [0.1, 0.15) is 66.4 Å². The zero-order chi connectivity index (χ0) is 33.0. The Morgan fingerprint density at radius 1 is 0.978 bits per heavy atom. The second kappa shape index (κ2) is 19.2. The van der Waals surface area contributed by atoms with Crippen molar-refractivity contribution in [2.45, 2.75) is 57.9 Å². The van der Waals surface area contributed by atoms with Crippen LogP contribution in [0, 0.1) is 0 Å². The fourth-order valence-electron chi connectivity index (χ4n) is 4.73. The molecule has 46 heavy (non-hydrogen) atoms. The normalized spacial score (nSPS) is 11.1. The summed E-state index contributed by atoms with van der Waals surface area (Å²) in [7, 11) is -1.11. The van der Waals surface area contributed by atoms with E-state index >= 15 is 0 Å². The molecule has 2 amide bonds. The van der Waals surface area contributed by atoms with Gasteiger partial charge in [-0.1, -0.05) is 42.6 Å². The van der Waals surface area contributed by atoms with E-state index in [0.29, 0.717) is 41.6 Å². The van der Waals surface area contributed by atoms with Crippen LogP contribution in [-0.4, -0.2) is 66.2 Å². The minimum atomic E-state index is -4.36. The van der Waals surface area contributed by atoms with Gasteiger partial charge < -0.3 is 24.1 Å². The average molecular weight is 684 g/mol. The van der Waals surface area contributed by atoms with Crippen LogP contribution in [0.2, 0.25) is 5.02 Å². The molecule has 3 aromatic rings. The summed E-state index contributed by atoms with van der Waals surface area (Å²) in [4.78, 5) is 51.4. The number of ether oxygens (including phenoxy) is 1. The predicted molar refractivity (Wildman–Crippen MR) is 171 cm³/mol. The smallest absolute Gasteiger partial charge is 0.748 e. The van der Waals surface area contributed by atoms with Crippen molar-refractivity contribution in [3.05, 3.63) is 80.6 Å². The van der Waals surface area contributed by atoms with Crippen molar-refractivity contribution in [3.63, 3.8) is 0 Å². The molecule has 0 atom stereocenters. The standard InChI is InChI=1S/C32H40ClN3O8S.Na/c1-35(17-19-45(41,42)43)29(37)9-5-3-4-6-10-30(38)44-18-7-8-23-13-16-28-26(20-23)31(39)27(22-36(28)2)32(40)34-21-24-11-14-25(33)15-12-24;/h11-16,20,22H,3-10,17-19,21H2,1-2H3,(H,34,40)(H,41,42,43);/q;+1/p-1. The zero-order valence-electron chi connectivity index (χ0n) is 26.6. The molecule has 1 N–H and O–H groups in total. The zero-order valence-corrected chi connectivity index (χ0v) is 30.1. The molecule has 0 saturated heterocycles. The molecule has 14 heteroatoms. The van der Waals surface area contributed by atoms with Gasteiger partial charge in [-0.25, -0.2) is 8.42 Å². The van der Waals surface area contributed by atoms with Crippen molar-refractivity contribution in [2.24, 2.45) is 7.05 Å². The van der Waals surface area contributed by atoms with E-state index in [4.69, 9.17) is 16.3 Å². The number of aromatic nitrogens is 1. The van der Waals surface area contributed by atoms with Crippen LogP contribution in [0.5, 0.6) is 0 Å². The Balaban J connectivity index is 0.00000736. The Hall–Kier alpha value is -2.74. The van der Waals surface area contributed by atoms with Crippen LogP contribution in [0.3, 0.4) is 0 Å². The number of amides is 2. The number of pyridine rings is 1. The molecular weight excluding hydrogens is 645 g/mol. The Labute approximate surface area is 296 Å². The van der Waals surface area contributed by atoms with Crippen LogP contribution in [0.4, 0.5) is 0 Å². The minimum Gasteiger partial charge on any atom is -0.748 e. The van der Waals surface area contributed by atoms with Crippen molar-refractivity contribution in [2.75, 3.05) is 26.0 Å². The molecule has 0 saturated carbocycles. The van der Waals surface area contributed by atoms with Crippen molar-refractivity contribution < 1.29 is 61.6 Å². The number of hydrogen-bond donors (Lipinski definition) is 1. The van der Waals surface area contributed by atoms with Gasteiger partial charge in [0.1, 0.15) is 5.56 Å². The third-order valence-corrected chi connectivity index (χ3v) is 8.30. The molecule has 0 aliphatic heterocycles. The Bertz CT molecular complexity index is 1660. The average Bonchev–Trinajstić information content (AvgIpc) is 3.00. The Morgan fingerprint density at radius 2 is 1.63 bits per heavy atom. The number of unbranched alkanes of at least 4 members (excludes halogenated alkanes) is 3. The molecule has 0 spiro atoms. The molecule has 11 nitrogen and oxygen atoms in total. The van der Waals surface area contributed by atoms with E-state index in [1.807, 2.05) is 12.1 Å². The first kappa shape index (κ1) is 39.4. The van der Waals surface area contributed by atoms with E-state index in [-0.39, 0.29) is 85.0 Å². The first-order valence-electron chi connectivity index (χ1n) is 14.8. The number of carbonyl (C=O) groups excluding carboxylic acids is 3. The molecule has 0 aliphatic rings. The van der Waals surface area contributed by atoms with Gasteiger partial charge in [0, 0.05) is 56.6 Å². The van der Waals surface area contributed by atoms with Crippen LogP contribution in [0.25, 0.3) is 10.9 Å². The van der Waals surface area contributed by atoms with Crippen LogP contribution in [-0.2, 0) is 44.5 Å². The molecule has 1 heterocycles. The Kier molecular flexibility index (Phi) is 16.4. The number of nitrogens with one attached hydrogen (secondary N) is 1. The molecule has 0 fully saturated rings. The first-order chi connectivity index (χ1) is 21.3. The molecular formula is C32H39ClN3NaO8S. The predicted octanol–water partition coefficient (Wildman–Crippen LogP) is 0.946. The van der Waals surface area contributed by atoms with E-state index in [1.54, 1.807) is 41.9 Å². The number of carbonyl (C=O) groups is 3. The third kappa shape index (κ3) is 13.2. The van der Waals surface area contributed by atoms with E-state index in [2.05, 4.69) is 5.32 Å². The maximum absolute atomic E-state index is 13.2. The van der Waals surface area contributed by atoms with Gasteiger partial charge in [-0.2, -0.15) is 0 Å². The van der Waals surface area contributed by atoms with Gasteiger partial charge in [0.15, 0.2) is 0 Å². The first-order valence-corrected chi connectivity index (χ1v) is 16.8. The van der Waals surface area contributed by atoms with Gasteiger partial charge in [0.2, 0.25) is 11.3 Å². The van der Waals surface area contributed by atoms with E-state index in [1.165, 1.54) is 18.1 Å². The van der Waals surface area contributed by atoms with Gasteiger partial charge >= 0.3 is 35.5 Å². The molecule has 0 unspecified atom stereocenters. The second-order valence-electron chi connectivity index (χ2n) is 11.0. The number of benzene rings is 2. The van der Waals surface area contributed by atoms with E-state index in [9.17, 15) is 32.1 Å². The summed E-state index contributed by atoms with van der Waals surface area (Å²) < 4.78 is 39.2. The SMILES string of the molecule is CN(CCS(=O)(=O)[O-])C(=O)CCCCCCC(=O)OCCCc1ccc2c(c1)c(=O)c(C(=O)NCc1ccc(Cl)cc1)cn2C.[Na+]. The summed E-state index contributed by atoms with van der Waals surface area (Å²) in [6.45, 7) is 0.376. The maximum atomic E-state index is 13.2. The van der Waals surface area contributed by atoms with Crippen LogP contribution >= 0.6 is 11.6 Å².